The van der Waals surface area contributed by atoms with E-state index in [0.29, 0.717) is 6.42 Å². The molecule has 5 heteroatoms. The van der Waals surface area contributed by atoms with Crippen LogP contribution in [0.1, 0.15) is 11.1 Å². The minimum Gasteiger partial charge on any atom is -0.361 e. The molecular weight excluding hydrogens is 312 g/mol. The largest absolute Gasteiger partial charge is 0.361 e. The summed E-state index contributed by atoms with van der Waals surface area (Å²) in [6.45, 7) is 5.24. The topological polar surface area (TPSA) is 52.2 Å². The molecule has 4 rings (SSSR count). The van der Waals surface area contributed by atoms with E-state index in [4.69, 9.17) is 0 Å². The van der Waals surface area contributed by atoms with Crippen molar-refractivity contribution in [2.75, 3.05) is 31.1 Å². The monoisotopic (exact) mass is 334 g/mol. The maximum absolute atomic E-state index is 12.7. The zero-order valence-corrected chi connectivity index (χ0v) is 14.4. The van der Waals surface area contributed by atoms with Crippen LogP contribution in [-0.2, 0) is 11.2 Å². The number of aromatic amines is 1. The summed E-state index contributed by atoms with van der Waals surface area (Å²) in [5.41, 5.74) is 3.40. The summed E-state index contributed by atoms with van der Waals surface area (Å²) < 4.78 is 0. The van der Waals surface area contributed by atoms with Gasteiger partial charge in [0.05, 0.1) is 6.42 Å². The molecule has 0 atom stereocenters. The first-order valence-electron chi connectivity index (χ1n) is 8.72. The minimum absolute atomic E-state index is 0.199. The third-order valence-corrected chi connectivity index (χ3v) is 4.94. The number of H-pyrrole nitrogens is 1. The number of anilines is 1. The van der Waals surface area contributed by atoms with Crippen molar-refractivity contribution in [3.05, 3.63) is 59.9 Å². The zero-order valence-electron chi connectivity index (χ0n) is 14.4. The SMILES string of the molecule is Cc1cccc2[nH]cc(CC(=O)N3CCN(c4ccccn4)CC3)c12. The smallest absolute Gasteiger partial charge is 0.227 e. The fraction of sp³-hybridized carbons (Fsp3) is 0.300. The maximum atomic E-state index is 12.7. The number of nitrogens with zero attached hydrogens (tertiary/aromatic N) is 3. The van der Waals surface area contributed by atoms with Gasteiger partial charge < -0.3 is 14.8 Å². The van der Waals surface area contributed by atoms with E-state index in [9.17, 15) is 4.79 Å². The van der Waals surface area contributed by atoms with Crippen LogP contribution in [-0.4, -0.2) is 47.0 Å². The second-order valence-corrected chi connectivity index (χ2v) is 6.54. The molecule has 1 fully saturated rings. The second kappa shape index (κ2) is 6.59. The predicted molar refractivity (Wildman–Crippen MR) is 99.8 cm³/mol. The van der Waals surface area contributed by atoms with Crippen LogP contribution in [0.25, 0.3) is 10.9 Å². The van der Waals surface area contributed by atoms with Crippen molar-refractivity contribution in [3.8, 4) is 0 Å². The Bertz CT molecular complexity index is 879. The molecule has 0 spiro atoms. The van der Waals surface area contributed by atoms with E-state index in [0.717, 1.165) is 43.1 Å². The Kier molecular flexibility index (Phi) is 4.14. The van der Waals surface area contributed by atoms with E-state index in [1.807, 2.05) is 41.6 Å². The lowest BCUT2D eigenvalue weighted by Crippen LogP contribution is -2.49. The molecule has 0 aliphatic carbocycles. The number of hydrogen-bond donors (Lipinski definition) is 1. The van der Waals surface area contributed by atoms with Crippen LogP contribution in [0.2, 0.25) is 0 Å². The van der Waals surface area contributed by atoms with E-state index < -0.39 is 0 Å². The first-order chi connectivity index (χ1) is 12.2. The molecule has 0 unspecified atom stereocenters. The molecule has 3 aromatic rings. The number of carbonyl (C=O) groups excluding carboxylic acids is 1. The van der Waals surface area contributed by atoms with Crippen LogP contribution in [0.5, 0.6) is 0 Å². The molecule has 128 valence electrons. The Morgan fingerprint density at radius 1 is 1.12 bits per heavy atom. The molecule has 0 saturated carbocycles. The van der Waals surface area contributed by atoms with E-state index in [1.54, 1.807) is 0 Å². The fourth-order valence-corrected chi connectivity index (χ4v) is 3.59. The number of aromatic nitrogens is 2. The van der Waals surface area contributed by atoms with E-state index in [1.165, 1.54) is 10.9 Å². The number of pyridine rings is 1. The van der Waals surface area contributed by atoms with Crippen molar-refractivity contribution >= 4 is 22.6 Å². The average Bonchev–Trinajstić information content (AvgIpc) is 3.07. The van der Waals surface area contributed by atoms with Crippen LogP contribution in [0.15, 0.2) is 48.8 Å². The van der Waals surface area contributed by atoms with Crippen molar-refractivity contribution in [2.24, 2.45) is 0 Å². The highest BCUT2D eigenvalue weighted by Crippen LogP contribution is 2.23. The molecule has 0 bridgehead atoms. The molecule has 3 heterocycles. The average molecular weight is 334 g/mol. The van der Waals surface area contributed by atoms with Crippen molar-refractivity contribution < 1.29 is 4.79 Å². The van der Waals surface area contributed by atoms with Crippen LogP contribution in [0.4, 0.5) is 5.82 Å². The van der Waals surface area contributed by atoms with Crippen molar-refractivity contribution in [2.45, 2.75) is 13.3 Å². The molecular formula is C20H22N4O. The molecule has 5 nitrogen and oxygen atoms in total. The highest BCUT2D eigenvalue weighted by atomic mass is 16.2. The molecule has 1 N–H and O–H groups in total. The van der Waals surface area contributed by atoms with Gasteiger partial charge in [-0.1, -0.05) is 18.2 Å². The summed E-state index contributed by atoms with van der Waals surface area (Å²) in [6, 6.07) is 12.1. The standard InChI is InChI=1S/C20H22N4O/c1-15-5-4-6-17-20(15)16(14-22-17)13-19(25)24-11-9-23(10-12-24)18-7-2-3-8-21-18/h2-8,14,22H,9-13H2,1H3. The van der Waals surface area contributed by atoms with Crippen LogP contribution in [0, 0.1) is 6.92 Å². The lowest BCUT2D eigenvalue weighted by molar-refractivity contribution is -0.130. The summed E-state index contributed by atoms with van der Waals surface area (Å²) in [5, 5.41) is 1.18. The maximum Gasteiger partial charge on any atom is 0.227 e. The molecule has 0 radical (unpaired) electrons. The van der Waals surface area contributed by atoms with E-state index in [2.05, 4.69) is 33.9 Å². The number of amides is 1. The minimum atomic E-state index is 0.199. The summed E-state index contributed by atoms with van der Waals surface area (Å²) in [5.74, 6) is 1.19. The highest BCUT2D eigenvalue weighted by molar-refractivity contribution is 5.91. The first kappa shape index (κ1) is 15.7. The molecule has 1 amide bonds. The van der Waals surface area contributed by atoms with E-state index in [-0.39, 0.29) is 5.91 Å². The van der Waals surface area contributed by atoms with Gasteiger partial charge in [0.1, 0.15) is 5.82 Å². The van der Waals surface area contributed by atoms with Gasteiger partial charge in [0.2, 0.25) is 5.91 Å². The number of rotatable bonds is 3. The Balaban J connectivity index is 1.42. The van der Waals surface area contributed by atoms with Gasteiger partial charge in [0.25, 0.3) is 0 Å². The third kappa shape index (κ3) is 3.09. The number of aryl methyl sites for hydroxylation is 1. The van der Waals surface area contributed by atoms with Gasteiger partial charge in [-0.2, -0.15) is 0 Å². The van der Waals surface area contributed by atoms with E-state index >= 15 is 0 Å². The first-order valence-corrected chi connectivity index (χ1v) is 8.72. The number of piperazine rings is 1. The van der Waals surface area contributed by atoms with Crippen LogP contribution in [0.3, 0.4) is 0 Å². The molecule has 1 aliphatic heterocycles. The normalized spacial score (nSPS) is 14.9. The molecule has 1 aliphatic rings. The number of nitrogens with one attached hydrogen (secondary N) is 1. The van der Waals surface area contributed by atoms with Gasteiger partial charge >= 0.3 is 0 Å². The summed E-state index contributed by atoms with van der Waals surface area (Å²) in [7, 11) is 0. The Labute approximate surface area is 147 Å². The van der Waals surface area contributed by atoms with Gasteiger partial charge in [-0.05, 0) is 36.2 Å². The van der Waals surface area contributed by atoms with Crippen molar-refractivity contribution in [3.63, 3.8) is 0 Å². The zero-order chi connectivity index (χ0) is 17.2. The third-order valence-electron chi connectivity index (χ3n) is 4.94. The fourth-order valence-electron chi connectivity index (χ4n) is 3.59. The van der Waals surface area contributed by atoms with Gasteiger partial charge in [-0.3, -0.25) is 4.79 Å². The molecule has 1 aromatic carbocycles. The predicted octanol–water partition coefficient (Wildman–Crippen LogP) is 2.76. The number of benzene rings is 1. The second-order valence-electron chi connectivity index (χ2n) is 6.54. The Hall–Kier alpha value is -2.82. The number of carbonyl (C=O) groups is 1. The quantitative estimate of drug-likeness (QED) is 0.801. The summed E-state index contributed by atoms with van der Waals surface area (Å²) in [6.07, 6.45) is 4.24. The summed E-state index contributed by atoms with van der Waals surface area (Å²) in [4.78, 5) is 24.6. The van der Waals surface area contributed by atoms with Crippen molar-refractivity contribution in [1.29, 1.82) is 0 Å². The highest BCUT2D eigenvalue weighted by Gasteiger charge is 2.22. The van der Waals surface area contributed by atoms with Gasteiger partial charge in [0, 0.05) is 49.5 Å². The number of fused-ring (bicyclic) bond motifs is 1. The molecule has 25 heavy (non-hydrogen) atoms. The lowest BCUT2D eigenvalue weighted by atomic mass is 10.0. The molecule has 2 aromatic heterocycles. The van der Waals surface area contributed by atoms with Crippen LogP contribution < -0.4 is 4.90 Å². The van der Waals surface area contributed by atoms with Gasteiger partial charge in [-0.25, -0.2) is 4.98 Å². The molecule has 1 saturated heterocycles. The lowest BCUT2D eigenvalue weighted by Gasteiger charge is -2.35. The van der Waals surface area contributed by atoms with Crippen LogP contribution >= 0.6 is 0 Å². The number of hydrogen-bond acceptors (Lipinski definition) is 3. The summed E-state index contributed by atoms with van der Waals surface area (Å²) >= 11 is 0. The van der Waals surface area contributed by atoms with Gasteiger partial charge in [-0.15, -0.1) is 0 Å². The Morgan fingerprint density at radius 2 is 1.96 bits per heavy atom. The van der Waals surface area contributed by atoms with Gasteiger partial charge in [0.15, 0.2) is 0 Å². The van der Waals surface area contributed by atoms with Crippen molar-refractivity contribution in [1.82, 2.24) is 14.9 Å². The Morgan fingerprint density at radius 3 is 2.72 bits per heavy atom.